The van der Waals surface area contributed by atoms with Crippen LogP contribution >= 0.6 is 0 Å². The van der Waals surface area contributed by atoms with Gasteiger partial charge in [0.2, 0.25) is 0 Å². The van der Waals surface area contributed by atoms with Gasteiger partial charge in [-0.25, -0.2) is 0 Å². The molecule has 0 saturated heterocycles. The number of benzene rings is 1. The van der Waals surface area contributed by atoms with Crippen molar-refractivity contribution in [3.8, 4) is 0 Å². The van der Waals surface area contributed by atoms with Crippen LogP contribution in [0.4, 0.5) is 0 Å². The van der Waals surface area contributed by atoms with Crippen molar-refractivity contribution in [2.24, 2.45) is 9.98 Å². The highest BCUT2D eigenvalue weighted by molar-refractivity contribution is 5.78. The SMILES string of the molecule is C=N/C=C\N1CC=NC(C)=C1c1cc(C)c(C)cc1C. The number of allylic oxidation sites excluding steroid dienone is 1. The monoisotopic (exact) mass is 267 g/mol. The normalized spacial score (nSPS) is 15.3. The van der Waals surface area contributed by atoms with Crippen molar-refractivity contribution >= 4 is 18.6 Å². The summed E-state index contributed by atoms with van der Waals surface area (Å²) in [4.78, 5) is 10.4. The minimum Gasteiger partial charge on any atom is -0.339 e. The fourth-order valence-corrected chi connectivity index (χ4v) is 2.45. The highest BCUT2D eigenvalue weighted by Crippen LogP contribution is 2.30. The molecule has 0 spiro atoms. The minimum absolute atomic E-state index is 0.755. The summed E-state index contributed by atoms with van der Waals surface area (Å²) in [6, 6.07) is 4.48. The zero-order valence-corrected chi connectivity index (χ0v) is 12.6. The van der Waals surface area contributed by atoms with E-state index in [4.69, 9.17) is 0 Å². The fraction of sp³-hybridized carbons (Fsp3) is 0.294. The molecule has 0 amide bonds. The van der Waals surface area contributed by atoms with Crippen molar-refractivity contribution in [2.75, 3.05) is 6.54 Å². The van der Waals surface area contributed by atoms with E-state index in [2.05, 4.69) is 54.5 Å². The Labute approximate surface area is 121 Å². The largest absolute Gasteiger partial charge is 0.339 e. The maximum atomic E-state index is 4.47. The van der Waals surface area contributed by atoms with E-state index in [1.54, 1.807) is 6.20 Å². The third-order valence-electron chi connectivity index (χ3n) is 3.64. The summed E-state index contributed by atoms with van der Waals surface area (Å²) in [5.74, 6) is 0. The van der Waals surface area contributed by atoms with E-state index in [0.29, 0.717) is 0 Å². The average molecular weight is 267 g/mol. The maximum absolute atomic E-state index is 4.47. The summed E-state index contributed by atoms with van der Waals surface area (Å²) in [5, 5.41) is 0. The van der Waals surface area contributed by atoms with Gasteiger partial charge in [-0.2, -0.15) is 0 Å². The molecule has 1 heterocycles. The molecule has 104 valence electrons. The van der Waals surface area contributed by atoms with E-state index in [1.807, 2.05) is 19.3 Å². The van der Waals surface area contributed by atoms with Crippen LogP contribution in [-0.2, 0) is 0 Å². The Hall–Kier alpha value is -2.16. The predicted molar refractivity (Wildman–Crippen MR) is 87.1 cm³/mol. The summed E-state index contributed by atoms with van der Waals surface area (Å²) in [6.45, 7) is 12.7. The van der Waals surface area contributed by atoms with E-state index in [-0.39, 0.29) is 0 Å². The molecule has 0 fully saturated rings. The third-order valence-corrected chi connectivity index (χ3v) is 3.64. The second-order valence-electron chi connectivity index (χ2n) is 5.13. The van der Waals surface area contributed by atoms with Crippen molar-refractivity contribution in [3.05, 3.63) is 52.5 Å². The predicted octanol–water partition coefficient (Wildman–Crippen LogP) is 3.86. The molecular formula is C17H21N3. The molecule has 3 heteroatoms. The van der Waals surface area contributed by atoms with Crippen molar-refractivity contribution in [1.29, 1.82) is 0 Å². The first-order valence-electron chi connectivity index (χ1n) is 6.75. The first-order valence-corrected chi connectivity index (χ1v) is 6.75. The fourth-order valence-electron chi connectivity index (χ4n) is 2.45. The van der Waals surface area contributed by atoms with Gasteiger partial charge in [-0.15, -0.1) is 0 Å². The van der Waals surface area contributed by atoms with Crippen molar-refractivity contribution < 1.29 is 0 Å². The summed E-state index contributed by atoms with van der Waals surface area (Å²) in [7, 11) is 0. The smallest absolute Gasteiger partial charge is 0.0702 e. The van der Waals surface area contributed by atoms with Crippen LogP contribution in [0.3, 0.4) is 0 Å². The molecule has 0 atom stereocenters. The molecule has 0 aliphatic carbocycles. The summed E-state index contributed by atoms with van der Waals surface area (Å²) in [6.07, 6.45) is 5.58. The molecule has 20 heavy (non-hydrogen) atoms. The van der Waals surface area contributed by atoms with E-state index in [1.165, 1.54) is 22.3 Å². The molecule has 1 aromatic rings. The average Bonchev–Trinajstić information content (AvgIpc) is 2.41. The lowest BCUT2D eigenvalue weighted by molar-refractivity contribution is 0.599. The van der Waals surface area contributed by atoms with E-state index >= 15 is 0 Å². The lowest BCUT2D eigenvalue weighted by Crippen LogP contribution is -2.23. The topological polar surface area (TPSA) is 28.0 Å². The Morgan fingerprint density at radius 2 is 1.85 bits per heavy atom. The van der Waals surface area contributed by atoms with Gasteiger partial charge in [0.05, 0.1) is 17.9 Å². The summed E-state index contributed by atoms with van der Waals surface area (Å²) in [5.41, 5.74) is 7.29. The van der Waals surface area contributed by atoms with Crippen LogP contribution in [0.2, 0.25) is 0 Å². The van der Waals surface area contributed by atoms with E-state index in [0.717, 1.165) is 17.9 Å². The molecule has 1 aliphatic heterocycles. The van der Waals surface area contributed by atoms with E-state index < -0.39 is 0 Å². The first kappa shape index (κ1) is 14.3. The molecule has 0 bridgehead atoms. The molecule has 0 saturated carbocycles. The van der Waals surface area contributed by atoms with Gasteiger partial charge in [0.15, 0.2) is 0 Å². The van der Waals surface area contributed by atoms with Gasteiger partial charge in [-0.1, -0.05) is 6.07 Å². The Bertz CT molecular complexity index is 621. The second kappa shape index (κ2) is 5.87. The molecular weight excluding hydrogens is 246 g/mol. The van der Waals surface area contributed by atoms with Gasteiger partial charge < -0.3 is 4.90 Å². The highest BCUT2D eigenvalue weighted by atomic mass is 15.2. The summed E-state index contributed by atoms with van der Waals surface area (Å²) < 4.78 is 0. The molecule has 0 N–H and O–H groups in total. The van der Waals surface area contributed by atoms with Crippen molar-refractivity contribution in [1.82, 2.24) is 4.90 Å². The second-order valence-corrected chi connectivity index (χ2v) is 5.13. The van der Waals surface area contributed by atoms with Crippen LogP contribution in [0.5, 0.6) is 0 Å². The van der Waals surface area contributed by atoms with Crippen molar-refractivity contribution in [3.63, 3.8) is 0 Å². The molecule has 0 aromatic heterocycles. The zero-order valence-electron chi connectivity index (χ0n) is 12.6. The Morgan fingerprint density at radius 1 is 1.15 bits per heavy atom. The Kier molecular flexibility index (Phi) is 4.18. The number of nitrogens with zero attached hydrogens (tertiary/aromatic N) is 3. The number of rotatable bonds is 3. The molecule has 0 unspecified atom stereocenters. The van der Waals surface area contributed by atoms with Gasteiger partial charge >= 0.3 is 0 Å². The maximum Gasteiger partial charge on any atom is 0.0702 e. The van der Waals surface area contributed by atoms with Gasteiger partial charge in [0.1, 0.15) is 0 Å². The first-order chi connectivity index (χ1) is 9.54. The van der Waals surface area contributed by atoms with Crippen LogP contribution in [-0.4, -0.2) is 24.4 Å². The van der Waals surface area contributed by atoms with Crippen LogP contribution in [0, 0.1) is 20.8 Å². The number of hydrogen-bond acceptors (Lipinski definition) is 3. The standard InChI is InChI=1S/C17H21N3/c1-12-10-14(3)16(11-13(12)2)17-15(4)19-7-9-20(17)8-6-18-5/h6-8,10-11H,5,9H2,1-4H3/b8-6-. The van der Waals surface area contributed by atoms with Gasteiger partial charge in [0, 0.05) is 24.2 Å². The zero-order chi connectivity index (χ0) is 14.7. The quantitative estimate of drug-likeness (QED) is 0.764. The molecule has 0 radical (unpaired) electrons. The lowest BCUT2D eigenvalue weighted by atomic mass is 9.97. The minimum atomic E-state index is 0.755. The lowest BCUT2D eigenvalue weighted by Gasteiger charge is -2.28. The van der Waals surface area contributed by atoms with Crippen LogP contribution in [0.15, 0.2) is 40.2 Å². The summed E-state index contributed by atoms with van der Waals surface area (Å²) >= 11 is 0. The Balaban J connectivity index is 2.57. The Morgan fingerprint density at radius 3 is 2.55 bits per heavy atom. The third kappa shape index (κ3) is 2.72. The highest BCUT2D eigenvalue weighted by Gasteiger charge is 2.17. The van der Waals surface area contributed by atoms with Gasteiger partial charge in [-0.05, 0) is 57.2 Å². The van der Waals surface area contributed by atoms with Crippen LogP contribution in [0.25, 0.3) is 5.70 Å². The van der Waals surface area contributed by atoms with Crippen LogP contribution < -0.4 is 0 Å². The molecule has 2 rings (SSSR count). The number of hydrogen-bond donors (Lipinski definition) is 0. The molecule has 3 nitrogen and oxygen atoms in total. The molecule has 1 aliphatic rings. The van der Waals surface area contributed by atoms with Gasteiger partial charge in [0.25, 0.3) is 0 Å². The number of aliphatic imine (C=N–C) groups is 2. The number of aryl methyl sites for hydroxylation is 3. The van der Waals surface area contributed by atoms with Crippen LogP contribution in [0.1, 0.15) is 29.2 Å². The van der Waals surface area contributed by atoms with Crippen molar-refractivity contribution in [2.45, 2.75) is 27.7 Å². The van der Waals surface area contributed by atoms with E-state index in [9.17, 15) is 0 Å². The van der Waals surface area contributed by atoms with Gasteiger partial charge in [-0.3, -0.25) is 9.98 Å². The molecule has 1 aromatic carbocycles.